The molecule has 0 aliphatic heterocycles. The number of anilines is 3. The number of rotatable bonds is 6. The van der Waals surface area contributed by atoms with Gasteiger partial charge in [-0.1, -0.05) is 28.9 Å². The van der Waals surface area contributed by atoms with Crippen LogP contribution in [-0.2, 0) is 9.59 Å². The fourth-order valence-corrected chi connectivity index (χ4v) is 2.35. The maximum Gasteiger partial charge on any atom is 0.243 e. The van der Waals surface area contributed by atoms with Crippen LogP contribution in [0.3, 0.4) is 0 Å². The lowest BCUT2D eigenvalue weighted by molar-refractivity contribution is -0.116. The summed E-state index contributed by atoms with van der Waals surface area (Å²) in [6.45, 7) is 3.82. The summed E-state index contributed by atoms with van der Waals surface area (Å²) in [6.07, 6.45) is 0.410. The Labute approximate surface area is 150 Å². The van der Waals surface area contributed by atoms with Crippen LogP contribution in [0.5, 0.6) is 0 Å². The van der Waals surface area contributed by atoms with Gasteiger partial charge in [0.2, 0.25) is 11.8 Å². The second kappa shape index (κ2) is 8.49. The fraction of sp³-hybridized carbons (Fsp3) is 0.222. The zero-order chi connectivity index (χ0) is 17.5. The van der Waals surface area contributed by atoms with Gasteiger partial charge in [-0.15, -0.1) is 0 Å². The number of nitrogens with one attached hydrogen (secondary N) is 3. The lowest BCUT2D eigenvalue weighted by Gasteiger charge is -2.13. The van der Waals surface area contributed by atoms with Gasteiger partial charge in [-0.25, -0.2) is 0 Å². The van der Waals surface area contributed by atoms with E-state index in [2.05, 4.69) is 31.9 Å². The van der Waals surface area contributed by atoms with E-state index in [1.807, 2.05) is 43.3 Å². The van der Waals surface area contributed by atoms with Gasteiger partial charge in [0.25, 0.3) is 0 Å². The molecule has 126 valence electrons. The smallest absolute Gasteiger partial charge is 0.243 e. The normalized spacial score (nSPS) is 10.1. The molecule has 0 aromatic heterocycles. The number of carbonyl (C=O) groups excluding carboxylic acids is 2. The quantitative estimate of drug-likeness (QED) is 0.694. The fourth-order valence-electron chi connectivity index (χ4n) is 2.09. The third kappa shape index (κ3) is 5.09. The van der Waals surface area contributed by atoms with Gasteiger partial charge < -0.3 is 16.0 Å². The molecule has 2 rings (SSSR count). The van der Waals surface area contributed by atoms with E-state index in [1.165, 1.54) is 0 Å². The molecule has 0 heterocycles. The first-order valence-electron chi connectivity index (χ1n) is 7.68. The Morgan fingerprint density at radius 2 is 1.54 bits per heavy atom. The summed E-state index contributed by atoms with van der Waals surface area (Å²) in [5.74, 6) is -0.210. The monoisotopic (exact) mass is 389 g/mol. The van der Waals surface area contributed by atoms with Crippen LogP contribution in [0, 0.1) is 6.92 Å². The molecule has 2 aromatic rings. The zero-order valence-electron chi connectivity index (χ0n) is 13.7. The van der Waals surface area contributed by atoms with Crippen molar-refractivity contribution in [3.8, 4) is 0 Å². The van der Waals surface area contributed by atoms with Gasteiger partial charge in [-0.3, -0.25) is 9.59 Å². The van der Waals surface area contributed by atoms with Crippen molar-refractivity contribution in [1.29, 1.82) is 0 Å². The number of benzene rings is 2. The lowest BCUT2D eigenvalue weighted by atomic mass is 10.1. The van der Waals surface area contributed by atoms with Crippen LogP contribution >= 0.6 is 15.9 Å². The largest absolute Gasteiger partial charge is 0.376 e. The maximum absolute atomic E-state index is 12.1. The van der Waals surface area contributed by atoms with Gasteiger partial charge in [0.15, 0.2) is 0 Å². The molecule has 0 radical (unpaired) electrons. The highest BCUT2D eigenvalue weighted by Gasteiger charge is 2.09. The van der Waals surface area contributed by atoms with Crippen LogP contribution in [-0.4, -0.2) is 18.4 Å². The summed E-state index contributed by atoms with van der Waals surface area (Å²) in [6, 6.07) is 13.0. The number of hydrogen-bond donors (Lipinski definition) is 3. The third-order valence-electron chi connectivity index (χ3n) is 3.50. The molecular formula is C18H20BrN3O2. The van der Waals surface area contributed by atoms with E-state index in [0.717, 1.165) is 15.7 Å². The number of carbonyl (C=O) groups is 2. The van der Waals surface area contributed by atoms with Gasteiger partial charge in [-0.2, -0.15) is 0 Å². The highest BCUT2D eigenvalue weighted by atomic mass is 79.9. The molecule has 0 aliphatic rings. The SMILES string of the molecule is CCC(=O)Nc1cccc(NC(=O)CNc2ccc(Br)cc2)c1C. The molecule has 6 heteroatoms. The van der Waals surface area contributed by atoms with Crippen molar-refractivity contribution in [2.75, 3.05) is 22.5 Å². The summed E-state index contributed by atoms with van der Waals surface area (Å²) in [5.41, 5.74) is 3.09. The average molecular weight is 390 g/mol. The summed E-state index contributed by atoms with van der Waals surface area (Å²) in [7, 11) is 0. The van der Waals surface area contributed by atoms with Crippen LogP contribution < -0.4 is 16.0 Å². The number of halogens is 1. The molecule has 2 amide bonds. The van der Waals surface area contributed by atoms with Crippen LogP contribution in [0.4, 0.5) is 17.1 Å². The predicted molar refractivity (Wildman–Crippen MR) is 101 cm³/mol. The van der Waals surface area contributed by atoms with E-state index in [0.29, 0.717) is 17.8 Å². The molecule has 0 atom stereocenters. The molecule has 0 bridgehead atoms. The summed E-state index contributed by atoms with van der Waals surface area (Å²) in [5, 5.41) is 8.75. The van der Waals surface area contributed by atoms with E-state index in [9.17, 15) is 9.59 Å². The third-order valence-corrected chi connectivity index (χ3v) is 4.03. The second-order valence-electron chi connectivity index (χ2n) is 5.29. The van der Waals surface area contributed by atoms with E-state index in [1.54, 1.807) is 13.0 Å². The first kappa shape index (κ1) is 18.0. The molecule has 2 aromatic carbocycles. The molecule has 3 N–H and O–H groups in total. The van der Waals surface area contributed by atoms with Crippen molar-refractivity contribution in [2.45, 2.75) is 20.3 Å². The maximum atomic E-state index is 12.1. The van der Waals surface area contributed by atoms with Gasteiger partial charge >= 0.3 is 0 Å². The van der Waals surface area contributed by atoms with Gasteiger partial charge in [0, 0.05) is 28.0 Å². The average Bonchev–Trinajstić information content (AvgIpc) is 2.58. The first-order chi connectivity index (χ1) is 11.5. The van der Waals surface area contributed by atoms with E-state index in [-0.39, 0.29) is 18.4 Å². The summed E-state index contributed by atoms with van der Waals surface area (Å²) < 4.78 is 0.985. The van der Waals surface area contributed by atoms with Crippen molar-refractivity contribution in [3.63, 3.8) is 0 Å². The Morgan fingerprint density at radius 3 is 2.12 bits per heavy atom. The predicted octanol–water partition coefficient (Wildman–Crippen LogP) is 4.16. The van der Waals surface area contributed by atoms with Gasteiger partial charge in [0.05, 0.1) is 6.54 Å². The van der Waals surface area contributed by atoms with Crippen molar-refractivity contribution in [2.24, 2.45) is 0 Å². The molecule has 0 saturated heterocycles. The topological polar surface area (TPSA) is 70.2 Å². The van der Waals surface area contributed by atoms with Crippen molar-refractivity contribution in [1.82, 2.24) is 0 Å². The lowest BCUT2D eigenvalue weighted by Crippen LogP contribution is -2.22. The Kier molecular flexibility index (Phi) is 6.37. The minimum absolute atomic E-state index is 0.0570. The molecule has 0 spiro atoms. The van der Waals surface area contributed by atoms with Crippen molar-refractivity contribution < 1.29 is 9.59 Å². The van der Waals surface area contributed by atoms with Crippen LogP contribution in [0.2, 0.25) is 0 Å². The van der Waals surface area contributed by atoms with Crippen molar-refractivity contribution >= 4 is 44.8 Å². The molecule has 24 heavy (non-hydrogen) atoms. The second-order valence-corrected chi connectivity index (χ2v) is 6.20. The summed E-state index contributed by atoms with van der Waals surface area (Å²) in [4.78, 5) is 23.7. The Morgan fingerprint density at radius 1 is 0.958 bits per heavy atom. The van der Waals surface area contributed by atoms with E-state index < -0.39 is 0 Å². The van der Waals surface area contributed by atoms with E-state index in [4.69, 9.17) is 0 Å². The highest BCUT2D eigenvalue weighted by molar-refractivity contribution is 9.10. The van der Waals surface area contributed by atoms with E-state index >= 15 is 0 Å². The Hall–Kier alpha value is -2.34. The molecule has 0 saturated carbocycles. The minimum Gasteiger partial charge on any atom is -0.376 e. The zero-order valence-corrected chi connectivity index (χ0v) is 15.2. The highest BCUT2D eigenvalue weighted by Crippen LogP contribution is 2.23. The molecule has 5 nitrogen and oxygen atoms in total. The molecule has 0 unspecified atom stereocenters. The van der Waals surface area contributed by atoms with Crippen LogP contribution in [0.25, 0.3) is 0 Å². The van der Waals surface area contributed by atoms with Crippen LogP contribution in [0.15, 0.2) is 46.9 Å². The Balaban J connectivity index is 1.97. The Bertz CT molecular complexity index is 730. The van der Waals surface area contributed by atoms with Crippen molar-refractivity contribution in [3.05, 3.63) is 52.5 Å². The molecular weight excluding hydrogens is 370 g/mol. The molecule has 0 fully saturated rings. The minimum atomic E-state index is -0.153. The number of amides is 2. The first-order valence-corrected chi connectivity index (χ1v) is 8.47. The standard InChI is InChI=1S/C18H20BrN3O2/c1-3-17(23)21-15-5-4-6-16(12(15)2)22-18(24)11-20-14-9-7-13(19)8-10-14/h4-10,20H,3,11H2,1-2H3,(H,21,23)(H,22,24). The van der Waals surface area contributed by atoms with Gasteiger partial charge in [-0.05, 0) is 48.9 Å². The van der Waals surface area contributed by atoms with Crippen LogP contribution in [0.1, 0.15) is 18.9 Å². The number of hydrogen-bond acceptors (Lipinski definition) is 3. The molecule has 0 aliphatic carbocycles. The summed E-state index contributed by atoms with van der Waals surface area (Å²) >= 11 is 3.37. The van der Waals surface area contributed by atoms with Gasteiger partial charge in [0.1, 0.15) is 0 Å².